The Morgan fingerprint density at radius 1 is 1.36 bits per heavy atom. The van der Waals surface area contributed by atoms with Crippen LogP contribution >= 0.6 is 0 Å². The molecule has 2 heterocycles. The lowest BCUT2D eigenvalue weighted by Crippen LogP contribution is -2.54. The molecule has 3 N–H and O–H groups in total. The molecule has 7 nitrogen and oxygen atoms in total. The number of methoxy groups -OCH3 is 1. The Labute approximate surface area is 143 Å². The number of carboxylic acids is 1. The quantitative estimate of drug-likeness (QED) is 0.778. The molecule has 134 valence electrons. The number of piperazine rings is 1. The average Bonchev–Trinajstić information content (AvgIpc) is 2.53. The Hall–Kier alpha value is -2.61. The predicted molar refractivity (Wildman–Crippen MR) is 92.3 cm³/mol. The highest BCUT2D eigenvalue weighted by Gasteiger charge is 2.28. The molecule has 1 fully saturated rings. The van der Waals surface area contributed by atoms with E-state index in [0.29, 0.717) is 13.1 Å². The lowest BCUT2D eigenvalue weighted by Gasteiger charge is -2.38. The number of hydrogen-bond donors (Lipinski definition) is 3. The number of carboxylic acid groups (broad SMARTS) is 1. The number of anilines is 1. The second-order valence-corrected chi connectivity index (χ2v) is 6.37. The van der Waals surface area contributed by atoms with E-state index < -0.39 is 22.8 Å². The molecule has 0 spiro atoms. The number of halogens is 1. The summed E-state index contributed by atoms with van der Waals surface area (Å²) in [5.74, 6) is -1.78. The molecule has 2 atom stereocenters. The van der Waals surface area contributed by atoms with E-state index in [1.807, 2.05) is 18.7 Å². The zero-order valence-corrected chi connectivity index (χ0v) is 14.2. The standard InChI is InChI=1S/C17H20FN3O4/c1-8-6-21(7-9(2)20-8)14-12(18)4-10-13(16(14)25-3)19-5-11(15(10)22)17(23)24/h4-5,8-9,20H,6-7H2,1-3H3,(H,19,22)(H,23,24). The smallest absolute Gasteiger partial charge is 0.341 e. The van der Waals surface area contributed by atoms with Gasteiger partial charge in [-0.2, -0.15) is 0 Å². The SMILES string of the molecule is COc1c(N2CC(C)NC(C)C2)c(F)cc2c(=O)c(C(=O)O)c[nH]c12. The van der Waals surface area contributed by atoms with Gasteiger partial charge in [0, 0.05) is 31.4 Å². The second-order valence-electron chi connectivity index (χ2n) is 6.37. The fourth-order valence-electron chi connectivity index (χ4n) is 3.46. The Balaban J connectivity index is 2.24. The first-order chi connectivity index (χ1) is 11.8. The maximum Gasteiger partial charge on any atom is 0.341 e. The number of hydrogen-bond acceptors (Lipinski definition) is 5. The lowest BCUT2D eigenvalue weighted by atomic mass is 10.1. The summed E-state index contributed by atoms with van der Waals surface area (Å²) in [4.78, 5) is 28.1. The maximum atomic E-state index is 14.9. The molecule has 1 aromatic carbocycles. The summed E-state index contributed by atoms with van der Waals surface area (Å²) in [6.07, 6.45) is 1.11. The third kappa shape index (κ3) is 2.93. The zero-order chi connectivity index (χ0) is 18.3. The van der Waals surface area contributed by atoms with Crippen LogP contribution in [0.25, 0.3) is 10.9 Å². The number of rotatable bonds is 3. The second kappa shape index (κ2) is 6.36. The van der Waals surface area contributed by atoms with Gasteiger partial charge in [0.25, 0.3) is 0 Å². The molecule has 0 amide bonds. The van der Waals surface area contributed by atoms with Crippen molar-refractivity contribution in [2.24, 2.45) is 0 Å². The Morgan fingerprint density at radius 3 is 2.56 bits per heavy atom. The summed E-state index contributed by atoms with van der Waals surface area (Å²) < 4.78 is 20.3. The minimum absolute atomic E-state index is 0.0470. The van der Waals surface area contributed by atoms with Gasteiger partial charge in [0.1, 0.15) is 11.3 Å². The van der Waals surface area contributed by atoms with Crippen molar-refractivity contribution in [2.75, 3.05) is 25.1 Å². The number of aromatic carboxylic acids is 1. The third-order valence-corrected chi connectivity index (χ3v) is 4.37. The van der Waals surface area contributed by atoms with Crippen molar-refractivity contribution >= 4 is 22.6 Å². The number of carbonyl (C=O) groups is 1. The Morgan fingerprint density at radius 2 is 2.00 bits per heavy atom. The fraction of sp³-hybridized carbons (Fsp3) is 0.412. The van der Waals surface area contributed by atoms with Crippen molar-refractivity contribution in [3.8, 4) is 5.75 Å². The summed E-state index contributed by atoms with van der Waals surface area (Å²) in [6, 6.07) is 1.41. The van der Waals surface area contributed by atoms with Gasteiger partial charge in [0.15, 0.2) is 11.6 Å². The maximum absolute atomic E-state index is 14.9. The van der Waals surface area contributed by atoms with Gasteiger partial charge in [-0.15, -0.1) is 0 Å². The largest absolute Gasteiger partial charge is 0.492 e. The van der Waals surface area contributed by atoms with Gasteiger partial charge < -0.3 is 25.0 Å². The van der Waals surface area contributed by atoms with Crippen LogP contribution in [0.15, 0.2) is 17.1 Å². The van der Waals surface area contributed by atoms with Crippen molar-refractivity contribution < 1.29 is 19.0 Å². The molecule has 0 bridgehead atoms. The van der Waals surface area contributed by atoms with Gasteiger partial charge >= 0.3 is 5.97 Å². The Bertz CT molecular complexity index is 886. The molecule has 1 aliphatic heterocycles. The summed E-state index contributed by atoms with van der Waals surface area (Å²) in [6.45, 7) is 5.19. The van der Waals surface area contributed by atoms with E-state index in [1.54, 1.807) is 0 Å². The minimum Gasteiger partial charge on any atom is -0.492 e. The third-order valence-electron chi connectivity index (χ3n) is 4.37. The van der Waals surface area contributed by atoms with Gasteiger partial charge in [-0.3, -0.25) is 4.79 Å². The number of nitrogens with zero attached hydrogens (tertiary/aromatic N) is 1. The molecule has 1 saturated heterocycles. The monoisotopic (exact) mass is 349 g/mol. The van der Waals surface area contributed by atoms with Crippen LogP contribution in [0.2, 0.25) is 0 Å². The molecule has 1 aliphatic rings. The van der Waals surface area contributed by atoms with Gasteiger partial charge in [-0.1, -0.05) is 0 Å². The molecule has 0 saturated carbocycles. The summed E-state index contributed by atoms with van der Waals surface area (Å²) in [5, 5.41) is 12.4. The first kappa shape index (κ1) is 17.2. The topological polar surface area (TPSA) is 94.7 Å². The lowest BCUT2D eigenvalue weighted by molar-refractivity contribution is 0.0695. The van der Waals surface area contributed by atoms with E-state index in [0.717, 1.165) is 12.3 Å². The Kier molecular flexibility index (Phi) is 4.38. The van der Waals surface area contributed by atoms with Crippen molar-refractivity contribution in [3.63, 3.8) is 0 Å². The molecule has 2 aromatic rings. The number of ether oxygens (including phenoxy) is 1. The van der Waals surface area contributed by atoms with Crippen LogP contribution in [0, 0.1) is 5.82 Å². The van der Waals surface area contributed by atoms with Crippen LogP contribution in [0.4, 0.5) is 10.1 Å². The molecular formula is C17H20FN3O4. The van der Waals surface area contributed by atoms with E-state index in [-0.39, 0.29) is 34.4 Å². The van der Waals surface area contributed by atoms with E-state index in [2.05, 4.69) is 10.3 Å². The summed E-state index contributed by atoms with van der Waals surface area (Å²) in [5.41, 5.74) is -0.625. The predicted octanol–water partition coefficient (Wildman–Crippen LogP) is 1.56. The van der Waals surface area contributed by atoms with Crippen LogP contribution in [0.1, 0.15) is 24.2 Å². The van der Waals surface area contributed by atoms with E-state index in [9.17, 15) is 14.0 Å². The first-order valence-electron chi connectivity index (χ1n) is 7.99. The highest BCUT2D eigenvalue weighted by molar-refractivity contribution is 5.96. The molecular weight excluding hydrogens is 329 g/mol. The van der Waals surface area contributed by atoms with Crippen molar-refractivity contribution in [1.29, 1.82) is 0 Å². The number of H-pyrrole nitrogens is 1. The van der Waals surface area contributed by atoms with Crippen LogP contribution in [0.3, 0.4) is 0 Å². The van der Waals surface area contributed by atoms with Gasteiger partial charge in [-0.25, -0.2) is 9.18 Å². The van der Waals surface area contributed by atoms with Gasteiger partial charge in [0.2, 0.25) is 5.43 Å². The molecule has 8 heteroatoms. The summed E-state index contributed by atoms with van der Waals surface area (Å²) >= 11 is 0. The number of nitrogens with one attached hydrogen (secondary N) is 2. The molecule has 2 unspecified atom stereocenters. The molecule has 1 aromatic heterocycles. The van der Waals surface area contributed by atoms with E-state index in [4.69, 9.17) is 9.84 Å². The van der Waals surface area contributed by atoms with Crippen molar-refractivity contribution in [2.45, 2.75) is 25.9 Å². The molecule has 3 rings (SSSR count). The molecule has 0 radical (unpaired) electrons. The first-order valence-corrected chi connectivity index (χ1v) is 7.99. The number of aromatic nitrogens is 1. The number of fused-ring (bicyclic) bond motifs is 1. The number of benzene rings is 1. The normalized spacial score (nSPS) is 20.7. The highest BCUT2D eigenvalue weighted by atomic mass is 19.1. The van der Waals surface area contributed by atoms with Crippen molar-refractivity contribution in [1.82, 2.24) is 10.3 Å². The van der Waals surface area contributed by atoms with Crippen molar-refractivity contribution in [3.05, 3.63) is 33.9 Å². The number of aromatic amines is 1. The van der Waals surface area contributed by atoms with Crippen LogP contribution in [0.5, 0.6) is 5.75 Å². The zero-order valence-electron chi connectivity index (χ0n) is 14.2. The van der Waals surface area contributed by atoms with Crippen LogP contribution < -0.4 is 20.4 Å². The van der Waals surface area contributed by atoms with Crippen LogP contribution in [-0.4, -0.2) is 48.3 Å². The fourth-order valence-corrected chi connectivity index (χ4v) is 3.46. The van der Waals surface area contributed by atoms with Crippen LogP contribution in [-0.2, 0) is 0 Å². The van der Waals surface area contributed by atoms with E-state index >= 15 is 0 Å². The minimum atomic E-state index is -1.36. The van der Waals surface area contributed by atoms with Gasteiger partial charge in [0.05, 0.1) is 18.0 Å². The average molecular weight is 349 g/mol. The summed E-state index contributed by atoms with van der Waals surface area (Å²) in [7, 11) is 1.40. The molecule has 0 aliphatic carbocycles. The van der Waals surface area contributed by atoms with E-state index in [1.165, 1.54) is 7.11 Å². The molecule has 25 heavy (non-hydrogen) atoms. The van der Waals surface area contributed by atoms with Gasteiger partial charge in [-0.05, 0) is 19.9 Å². The number of pyridine rings is 1. The highest BCUT2D eigenvalue weighted by Crippen LogP contribution is 2.37.